The first-order valence-corrected chi connectivity index (χ1v) is 16.6. The lowest BCUT2D eigenvalue weighted by Crippen LogP contribution is -2.76. The number of nitrogens with zero attached hydrogens (tertiary/aromatic N) is 2. The number of non-ortho nitro benzene ring substituents is 1. The number of benzene rings is 4. The molecule has 2 aliphatic rings. The number of para-hydroxylation sites is 2. The van der Waals surface area contributed by atoms with Crippen molar-refractivity contribution >= 4 is 56.1 Å². The Morgan fingerprint density at radius 2 is 1.53 bits per heavy atom. The van der Waals surface area contributed by atoms with E-state index in [1.54, 1.807) is 49.1 Å². The zero-order chi connectivity index (χ0) is 34.5. The highest BCUT2D eigenvalue weighted by molar-refractivity contribution is 9.10. The summed E-state index contributed by atoms with van der Waals surface area (Å²) in [5.41, 5.74) is -0.674. The number of nitro groups is 1. The molecule has 248 valence electrons. The second-order valence-corrected chi connectivity index (χ2v) is 12.8. The van der Waals surface area contributed by atoms with Crippen LogP contribution in [0.2, 0.25) is 0 Å². The normalized spacial score (nSPS) is 19.0. The van der Waals surface area contributed by atoms with Crippen LogP contribution in [0.25, 0.3) is 10.9 Å². The van der Waals surface area contributed by atoms with Gasteiger partial charge in [0, 0.05) is 44.5 Å². The van der Waals surface area contributed by atoms with E-state index in [2.05, 4.69) is 26.2 Å². The average Bonchev–Trinajstić information content (AvgIpc) is 3.61. The standard InChI is InChI=1S/C37H31BrN4O7/c1-3-48-34(44)37(35(45)49-4-2)36(27-10-6-8-12-29(27)41(33(36)43)21-22-13-17-24(38)18-14-22)30-26-9-5-7-11-28(26)39-32(30)31(40-37)23-15-19-25(20-16-23)42(46)47/h5-20,31,39-40H,3-4,21H2,1-2H3/t31-,36+/m0/s1. The summed E-state index contributed by atoms with van der Waals surface area (Å²) in [6.45, 7) is 3.23. The van der Waals surface area contributed by atoms with Gasteiger partial charge in [0.05, 0.1) is 30.7 Å². The summed E-state index contributed by atoms with van der Waals surface area (Å²) in [6, 6.07) is 27.0. The Morgan fingerprint density at radius 3 is 2.18 bits per heavy atom. The number of aromatic nitrogens is 1. The molecule has 49 heavy (non-hydrogen) atoms. The Kier molecular flexibility index (Phi) is 8.08. The van der Waals surface area contributed by atoms with E-state index in [0.717, 1.165) is 10.0 Å². The third kappa shape index (κ3) is 4.69. The molecule has 2 aliphatic heterocycles. The molecule has 0 saturated heterocycles. The number of fused-ring (bicyclic) bond motifs is 6. The molecule has 11 nitrogen and oxygen atoms in total. The van der Waals surface area contributed by atoms with Gasteiger partial charge in [-0.15, -0.1) is 0 Å². The van der Waals surface area contributed by atoms with Gasteiger partial charge in [0.25, 0.3) is 5.69 Å². The monoisotopic (exact) mass is 722 g/mol. The Balaban J connectivity index is 1.60. The topological polar surface area (TPSA) is 144 Å². The van der Waals surface area contributed by atoms with Crippen LogP contribution in [0.4, 0.5) is 11.4 Å². The van der Waals surface area contributed by atoms with Gasteiger partial charge in [-0.05, 0) is 54.8 Å². The highest BCUT2D eigenvalue weighted by Crippen LogP contribution is 2.59. The number of H-pyrrole nitrogens is 1. The first kappa shape index (κ1) is 32.2. The van der Waals surface area contributed by atoms with Gasteiger partial charge in [-0.25, -0.2) is 9.59 Å². The first-order chi connectivity index (χ1) is 23.7. The largest absolute Gasteiger partial charge is 0.464 e. The van der Waals surface area contributed by atoms with Crippen LogP contribution in [0.3, 0.4) is 0 Å². The summed E-state index contributed by atoms with van der Waals surface area (Å²) < 4.78 is 12.3. The number of rotatable bonds is 8. The van der Waals surface area contributed by atoms with Crippen molar-refractivity contribution in [2.45, 2.75) is 37.4 Å². The van der Waals surface area contributed by atoms with E-state index < -0.39 is 39.8 Å². The summed E-state index contributed by atoms with van der Waals surface area (Å²) in [6.07, 6.45) is 0. The first-order valence-electron chi connectivity index (χ1n) is 15.8. The fourth-order valence-electron chi connectivity index (χ4n) is 7.38. The molecule has 0 fully saturated rings. The highest BCUT2D eigenvalue weighted by Gasteiger charge is 2.76. The van der Waals surface area contributed by atoms with E-state index in [0.29, 0.717) is 39.0 Å². The lowest BCUT2D eigenvalue weighted by Gasteiger charge is -2.49. The van der Waals surface area contributed by atoms with E-state index in [-0.39, 0.29) is 25.4 Å². The van der Waals surface area contributed by atoms with Crippen LogP contribution in [0.5, 0.6) is 0 Å². The van der Waals surface area contributed by atoms with Crippen LogP contribution in [0.1, 0.15) is 47.8 Å². The van der Waals surface area contributed by atoms with E-state index in [4.69, 9.17) is 9.47 Å². The van der Waals surface area contributed by atoms with Crippen molar-refractivity contribution in [2.75, 3.05) is 18.1 Å². The number of esters is 2. The molecule has 0 saturated carbocycles. The van der Waals surface area contributed by atoms with E-state index in [1.165, 1.54) is 12.1 Å². The van der Waals surface area contributed by atoms with Gasteiger partial charge in [0.15, 0.2) is 0 Å². The molecule has 0 aliphatic carbocycles. The van der Waals surface area contributed by atoms with Crippen LogP contribution in [0.15, 0.2) is 102 Å². The number of nitro benzene ring substituents is 1. The number of aromatic amines is 1. The molecule has 0 bridgehead atoms. The highest BCUT2D eigenvalue weighted by atomic mass is 79.9. The SMILES string of the molecule is CCOC(=O)C1(C(=O)OCC)N[C@@H](c2ccc([N+](=O)[O-])cc2)c2[nH]c3ccccc3c2[C@]12C(=O)N(Cc1ccc(Br)cc1)c1ccccc12. The smallest absolute Gasteiger partial charge is 0.340 e. The van der Waals surface area contributed by atoms with E-state index in [9.17, 15) is 19.7 Å². The zero-order valence-electron chi connectivity index (χ0n) is 26.6. The van der Waals surface area contributed by atoms with Crippen molar-refractivity contribution in [1.82, 2.24) is 10.3 Å². The summed E-state index contributed by atoms with van der Waals surface area (Å²) in [5.74, 6) is -2.48. The number of carbonyl (C=O) groups is 3. The Hall–Kier alpha value is -5.33. The fraction of sp³-hybridized carbons (Fsp3) is 0.216. The minimum absolute atomic E-state index is 0.0842. The van der Waals surface area contributed by atoms with Crippen molar-refractivity contribution in [3.05, 3.63) is 140 Å². The van der Waals surface area contributed by atoms with Gasteiger partial charge in [-0.3, -0.25) is 20.2 Å². The molecular weight excluding hydrogens is 692 g/mol. The van der Waals surface area contributed by atoms with Crippen molar-refractivity contribution in [1.29, 1.82) is 0 Å². The summed E-state index contributed by atoms with van der Waals surface area (Å²) in [5, 5.41) is 15.5. The maximum absolute atomic E-state index is 15.7. The summed E-state index contributed by atoms with van der Waals surface area (Å²) in [4.78, 5) is 61.4. The Bertz CT molecular complexity index is 2110. The predicted octanol–water partition coefficient (Wildman–Crippen LogP) is 6.23. The van der Waals surface area contributed by atoms with Gasteiger partial charge < -0.3 is 19.4 Å². The second kappa shape index (κ2) is 12.3. The Labute approximate surface area is 289 Å². The van der Waals surface area contributed by atoms with Crippen molar-refractivity contribution < 1.29 is 28.8 Å². The fourth-order valence-corrected chi connectivity index (χ4v) is 7.64. The molecule has 7 rings (SSSR count). The third-order valence-corrected chi connectivity index (χ3v) is 9.87. The molecular formula is C37H31BrN4O7. The number of anilines is 1. The summed E-state index contributed by atoms with van der Waals surface area (Å²) >= 11 is 3.47. The van der Waals surface area contributed by atoms with Gasteiger partial charge in [0.2, 0.25) is 11.4 Å². The number of ether oxygens (including phenoxy) is 2. The Morgan fingerprint density at radius 1 is 0.898 bits per heavy atom. The number of amides is 1. The van der Waals surface area contributed by atoms with Crippen molar-refractivity contribution in [3.8, 4) is 0 Å². The minimum Gasteiger partial charge on any atom is -0.464 e. The molecule has 2 atom stereocenters. The van der Waals surface area contributed by atoms with Gasteiger partial charge in [-0.2, -0.15) is 0 Å². The number of nitrogens with one attached hydrogen (secondary N) is 2. The molecule has 0 radical (unpaired) electrons. The molecule has 1 aromatic heterocycles. The molecule has 12 heteroatoms. The van der Waals surface area contributed by atoms with Gasteiger partial charge in [-0.1, -0.05) is 76.6 Å². The number of hydrogen-bond donors (Lipinski definition) is 2. The van der Waals surface area contributed by atoms with Gasteiger partial charge in [0.1, 0.15) is 5.41 Å². The molecule has 3 heterocycles. The zero-order valence-corrected chi connectivity index (χ0v) is 28.2. The molecule has 5 aromatic rings. The molecule has 2 N–H and O–H groups in total. The summed E-state index contributed by atoms with van der Waals surface area (Å²) in [7, 11) is 0. The molecule has 1 amide bonds. The molecule has 1 spiro atoms. The quantitative estimate of drug-likeness (QED) is 0.0831. The van der Waals surface area contributed by atoms with E-state index >= 15 is 4.79 Å². The van der Waals surface area contributed by atoms with Crippen LogP contribution in [0, 0.1) is 10.1 Å². The molecule has 0 unspecified atom stereocenters. The number of halogens is 1. The van der Waals surface area contributed by atoms with Crippen molar-refractivity contribution in [3.63, 3.8) is 0 Å². The maximum atomic E-state index is 15.7. The van der Waals surface area contributed by atoms with Crippen LogP contribution in [-0.4, -0.2) is 46.5 Å². The predicted molar refractivity (Wildman–Crippen MR) is 185 cm³/mol. The minimum atomic E-state index is -2.44. The van der Waals surface area contributed by atoms with Gasteiger partial charge >= 0.3 is 11.9 Å². The van der Waals surface area contributed by atoms with Crippen molar-refractivity contribution in [2.24, 2.45) is 0 Å². The van der Waals surface area contributed by atoms with Crippen LogP contribution < -0.4 is 10.2 Å². The third-order valence-electron chi connectivity index (χ3n) is 9.34. The number of carbonyl (C=O) groups excluding carboxylic acids is 3. The number of hydrogen-bond acceptors (Lipinski definition) is 8. The van der Waals surface area contributed by atoms with E-state index in [1.807, 2.05) is 54.6 Å². The molecule has 4 aromatic carbocycles. The second-order valence-electron chi connectivity index (χ2n) is 11.9. The van der Waals surface area contributed by atoms with Crippen LogP contribution >= 0.6 is 15.9 Å². The maximum Gasteiger partial charge on any atom is 0.340 e. The average molecular weight is 724 g/mol. The van der Waals surface area contributed by atoms with Crippen LogP contribution in [-0.2, 0) is 35.8 Å². The lowest BCUT2D eigenvalue weighted by molar-refractivity contribution is -0.384. The lowest BCUT2D eigenvalue weighted by atomic mass is 9.57.